The predicted octanol–water partition coefficient (Wildman–Crippen LogP) is 3.97. The normalized spacial score (nSPS) is 11.1. The number of benzene rings is 1. The summed E-state index contributed by atoms with van der Waals surface area (Å²) >= 11 is 0. The maximum atomic E-state index is 13.1. The molecule has 0 bridgehead atoms. The van der Waals surface area contributed by atoms with Gasteiger partial charge in [-0.3, -0.25) is 9.48 Å². The fourth-order valence-electron chi connectivity index (χ4n) is 3.72. The summed E-state index contributed by atoms with van der Waals surface area (Å²) in [5.74, 6) is 0.496. The molecule has 160 valence electrons. The van der Waals surface area contributed by atoms with Gasteiger partial charge < -0.3 is 14.6 Å². The van der Waals surface area contributed by atoms with E-state index in [0.29, 0.717) is 29.2 Å². The number of nitrogens with one attached hydrogen (secondary N) is 1. The molecule has 0 saturated carbocycles. The number of aryl methyl sites for hydroxylation is 3. The third kappa shape index (κ3) is 4.30. The van der Waals surface area contributed by atoms with Gasteiger partial charge in [-0.1, -0.05) is 12.1 Å². The summed E-state index contributed by atoms with van der Waals surface area (Å²) in [4.78, 5) is 19.8. The van der Waals surface area contributed by atoms with E-state index >= 15 is 0 Å². The second-order valence-electron chi connectivity index (χ2n) is 7.86. The van der Waals surface area contributed by atoms with E-state index in [2.05, 4.69) is 44.6 Å². The lowest BCUT2D eigenvalue weighted by Crippen LogP contribution is -2.25. The summed E-state index contributed by atoms with van der Waals surface area (Å²) in [6.07, 6.45) is 3.36. The zero-order valence-electron chi connectivity index (χ0n) is 18.3. The summed E-state index contributed by atoms with van der Waals surface area (Å²) < 4.78 is 7.19. The maximum absolute atomic E-state index is 13.1. The highest BCUT2D eigenvalue weighted by Crippen LogP contribution is 2.27. The first kappa shape index (κ1) is 20.7. The van der Waals surface area contributed by atoms with Crippen molar-refractivity contribution in [3.63, 3.8) is 0 Å². The molecule has 0 atom stereocenters. The second-order valence-corrected chi connectivity index (χ2v) is 7.86. The molecule has 3 heterocycles. The molecule has 4 rings (SSSR count). The number of aromatic nitrogens is 3. The van der Waals surface area contributed by atoms with Crippen molar-refractivity contribution in [2.75, 3.05) is 25.5 Å². The maximum Gasteiger partial charge on any atom is 0.252 e. The van der Waals surface area contributed by atoms with Gasteiger partial charge in [0.05, 0.1) is 22.9 Å². The molecule has 0 aliphatic rings. The molecular formula is C24H27N5O2. The first-order valence-electron chi connectivity index (χ1n) is 10.4. The molecule has 0 saturated heterocycles. The molecule has 1 N–H and O–H groups in total. The van der Waals surface area contributed by atoms with Crippen LogP contribution >= 0.6 is 0 Å². The highest BCUT2D eigenvalue weighted by atomic mass is 16.3. The molecule has 0 aliphatic carbocycles. The van der Waals surface area contributed by atoms with Gasteiger partial charge in [-0.25, -0.2) is 4.98 Å². The largest absolute Gasteiger partial charge is 0.463 e. The van der Waals surface area contributed by atoms with Crippen LogP contribution in [0.25, 0.3) is 22.5 Å². The van der Waals surface area contributed by atoms with Gasteiger partial charge in [-0.15, -0.1) is 0 Å². The Kier molecular flexibility index (Phi) is 5.75. The van der Waals surface area contributed by atoms with Crippen LogP contribution in [0.1, 0.15) is 28.0 Å². The lowest BCUT2D eigenvalue weighted by Gasteiger charge is -2.12. The van der Waals surface area contributed by atoms with Crippen molar-refractivity contribution in [3.05, 3.63) is 65.5 Å². The number of nitrogens with zero attached hydrogens (tertiary/aromatic N) is 4. The number of furan rings is 1. The van der Waals surface area contributed by atoms with Crippen molar-refractivity contribution in [1.29, 1.82) is 0 Å². The average Bonchev–Trinajstić information content (AvgIpc) is 3.39. The van der Waals surface area contributed by atoms with Gasteiger partial charge in [0.15, 0.2) is 11.4 Å². The highest BCUT2D eigenvalue weighted by Gasteiger charge is 2.19. The minimum absolute atomic E-state index is 0.126. The van der Waals surface area contributed by atoms with Crippen LogP contribution in [0.2, 0.25) is 0 Å². The van der Waals surface area contributed by atoms with E-state index in [9.17, 15) is 4.79 Å². The number of hydrogen-bond donors (Lipinski definition) is 1. The topological polar surface area (TPSA) is 76.2 Å². The Hall–Kier alpha value is -3.61. The van der Waals surface area contributed by atoms with Gasteiger partial charge in [-0.2, -0.15) is 5.10 Å². The van der Waals surface area contributed by atoms with Gasteiger partial charge in [0.25, 0.3) is 5.91 Å². The number of rotatable bonds is 7. The number of carbonyl (C=O) groups is 1. The molecule has 0 radical (unpaired) electrons. The zero-order chi connectivity index (χ0) is 22.0. The van der Waals surface area contributed by atoms with E-state index in [1.165, 1.54) is 11.3 Å². The van der Waals surface area contributed by atoms with E-state index < -0.39 is 0 Å². The Morgan fingerprint density at radius 1 is 1.19 bits per heavy atom. The van der Waals surface area contributed by atoms with Crippen LogP contribution in [0.5, 0.6) is 0 Å². The fraction of sp³-hybridized carbons (Fsp3) is 0.292. The molecule has 0 aliphatic heterocycles. The summed E-state index contributed by atoms with van der Waals surface area (Å²) in [6, 6.07) is 13.9. The third-order valence-corrected chi connectivity index (χ3v) is 5.37. The Morgan fingerprint density at radius 3 is 2.65 bits per heavy atom. The van der Waals surface area contributed by atoms with Crippen molar-refractivity contribution < 1.29 is 9.21 Å². The van der Waals surface area contributed by atoms with Crippen LogP contribution < -0.4 is 10.2 Å². The lowest BCUT2D eigenvalue weighted by molar-refractivity contribution is 0.0955. The van der Waals surface area contributed by atoms with Crippen molar-refractivity contribution in [2.24, 2.45) is 7.05 Å². The molecule has 31 heavy (non-hydrogen) atoms. The molecule has 0 spiro atoms. The number of hydrogen-bond acceptors (Lipinski definition) is 5. The number of pyridine rings is 1. The van der Waals surface area contributed by atoms with Gasteiger partial charge >= 0.3 is 0 Å². The van der Waals surface area contributed by atoms with Gasteiger partial charge in [0.1, 0.15) is 5.69 Å². The van der Waals surface area contributed by atoms with Crippen LogP contribution in [0.15, 0.2) is 53.1 Å². The summed E-state index contributed by atoms with van der Waals surface area (Å²) in [6.45, 7) is 2.48. The number of carbonyl (C=O) groups excluding carboxylic acids is 1. The summed E-state index contributed by atoms with van der Waals surface area (Å²) in [5.41, 5.74) is 5.07. The second kappa shape index (κ2) is 8.63. The Morgan fingerprint density at radius 2 is 1.97 bits per heavy atom. The first-order chi connectivity index (χ1) is 14.9. The smallest absolute Gasteiger partial charge is 0.252 e. The van der Waals surface area contributed by atoms with Gasteiger partial charge in [-0.05, 0) is 55.7 Å². The molecular weight excluding hydrogens is 390 g/mol. The fourth-order valence-corrected chi connectivity index (χ4v) is 3.72. The van der Waals surface area contributed by atoms with Crippen LogP contribution in [-0.4, -0.2) is 41.3 Å². The quantitative estimate of drug-likeness (QED) is 0.461. The molecule has 4 aromatic rings. The molecule has 1 aromatic carbocycles. The third-order valence-electron chi connectivity index (χ3n) is 5.37. The van der Waals surface area contributed by atoms with Crippen LogP contribution in [0.3, 0.4) is 0 Å². The Bertz CT molecular complexity index is 1190. The number of amides is 1. The van der Waals surface area contributed by atoms with E-state index in [-0.39, 0.29) is 5.91 Å². The summed E-state index contributed by atoms with van der Waals surface area (Å²) in [7, 11) is 5.89. The van der Waals surface area contributed by atoms with Crippen molar-refractivity contribution in [2.45, 2.75) is 19.8 Å². The van der Waals surface area contributed by atoms with E-state index in [1.54, 1.807) is 23.1 Å². The van der Waals surface area contributed by atoms with Crippen molar-refractivity contribution >= 4 is 22.6 Å². The van der Waals surface area contributed by atoms with E-state index in [4.69, 9.17) is 4.42 Å². The van der Waals surface area contributed by atoms with Gasteiger partial charge in [0, 0.05) is 33.4 Å². The predicted molar refractivity (Wildman–Crippen MR) is 122 cm³/mol. The van der Waals surface area contributed by atoms with Crippen molar-refractivity contribution in [1.82, 2.24) is 20.1 Å². The van der Waals surface area contributed by atoms with E-state index in [0.717, 1.165) is 23.9 Å². The SMILES string of the molecule is Cc1nn(C)c2nc(-c3ccco3)cc(C(=O)NCCCc3ccc(N(C)C)cc3)c12. The zero-order valence-corrected chi connectivity index (χ0v) is 18.3. The van der Waals surface area contributed by atoms with E-state index in [1.807, 2.05) is 34.1 Å². The van der Waals surface area contributed by atoms with Crippen LogP contribution in [0.4, 0.5) is 5.69 Å². The lowest BCUT2D eigenvalue weighted by atomic mass is 10.1. The number of anilines is 1. The molecule has 7 nitrogen and oxygen atoms in total. The molecule has 7 heteroatoms. The molecule has 1 amide bonds. The molecule has 0 fully saturated rings. The minimum atomic E-state index is -0.126. The first-order valence-corrected chi connectivity index (χ1v) is 10.4. The standard InChI is InChI=1S/C24H27N5O2/c1-16-22-19(15-20(21-8-6-14-31-21)26-23(22)29(4)27-16)24(30)25-13-5-7-17-9-11-18(12-10-17)28(2)3/h6,8-12,14-15H,5,7,13H2,1-4H3,(H,25,30). The van der Waals surface area contributed by atoms with Crippen molar-refractivity contribution in [3.8, 4) is 11.5 Å². The monoisotopic (exact) mass is 417 g/mol. The molecule has 0 unspecified atom stereocenters. The Balaban J connectivity index is 1.48. The minimum Gasteiger partial charge on any atom is -0.463 e. The van der Waals surface area contributed by atoms with Crippen LogP contribution in [0, 0.1) is 6.92 Å². The summed E-state index contributed by atoms with van der Waals surface area (Å²) in [5, 5.41) is 8.28. The average molecular weight is 418 g/mol. The molecule has 3 aromatic heterocycles. The highest BCUT2D eigenvalue weighted by molar-refractivity contribution is 6.07. The van der Waals surface area contributed by atoms with Gasteiger partial charge in [0.2, 0.25) is 0 Å². The van der Waals surface area contributed by atoms with Crippen LogP contribution in [-0.2, 0) is 13.5 Å². The Labute approximate surface area is 181 Å². The number of fused-ring (bicyclic) bond motifs is 1.